The Morgan fingerprint density at radius 1 is 0.610 bits per heavy atom. The predicted octanol–water partition coefficient (Wildman–Crippen LogP) is 7.36. The molecule has 18 heteroatoms. The predicted molar refractivity (Wildman–Crippen MR) is 239 cm³/mol. The van der Waals surface area contributed by atoms with Crippen LogP contribution in [0.5, 0.6) is 0 Å². The number of hydrogen-bond acceptors (Lipinski definition) is 10. The van der Waals surface area contributed by atoms with E-state index in [4.69, 9.17) is 23.2 Å². The van der Waals surface area contributed by atoms with E-state index in [0.717, 1.165) is 54.9 Å². The molecule has 2 amide bonds. The Morgan fingerprint density at radius 2 is 1.02 bits per heavy atom. The Hall–Kier alpha value is -2.90. The maximum atomic E-state index is 13.0. The highest BCUT2D eigenvalue weighted by atomic mass is 35.5. The molecule has 2 saturated heterocycles. The van der Waals surface area contributed by atoms with Gasteiger partial charge < -0.3 is 21.3 Å². The molecule has 2 aromatic heterocycles. The van der Waals surface area contributed by atoms with Crippen LogP contribution in [-0.4, -0.2) is 88.6 Å². The van der Waals surface area contributed by atoms with E-state index < -0.39 is 20.0 Å². The van der Waals surface area contributed by atoms with E-state index in [1.165, 1.54) is 35.5 Å². The van der Waals surface area contributed by atoms with Crippen molar-refractivity contribution in [3.05, 3.63) is 104 Å². The zero-order valence-corrected chi connectivity index (χ0v) is 38.2. The quantitative estimate of drug-likeness (QED) is 0.0712. The molecule has 0 saturated carbocycles. The van der Waals surface area contributed by atoms with Gasteiger partial charge in [0.2, 0.25) is 0 Å². The molecular formula is C41H54Cl2N6O6S4. The summed E-state index contributed by atoms with van der Waals surface area (Å²) in [5, 5.41) is 13.7. The molecule has 322 valence electrons. The number of amides is 2. The van der Waals surface area contributed by atoms with Crippen LogP contribution in [0.4, 0.5) is 0 Å². The number of rotatable bonds is 19. The number of carbonyl (C=O) groups excluding carboxylic acids is 2. The van der Waals surface area contributed by atoms with Gasteiger partial charge in [-0.25, -0.2) is 16.8 Å². The molecule has 2 fully saturated rings. The maximum absolute atomic E-state index is 13.0. The second-order valence-corrected chi connectivity index (χ2v) is 22.0. The highest BCUT2D eigenvalue weighted by Crippen LogP contribution is 2.29. The molecule has 0 spiro atoms. The summed E-state index contributed by atoms with van der Waals surface area (Å²) in [6.07, 6.45) is 7.37. The average molecular weight is 926 g/mol. The summed E-state index contributed by atoms with van der Waals surface area (Å²) in [6.45, 7) is 8.81. The molecule has 0 bridgehead atoms. The fourth-order valence-electron chi connectivity index (χ4n) is 6.57. The van der Waals surface area contributed by atoms with Gasteiger partial charge in [0.25, 0.3) is 31.9 Å². The number of thiophene rings is 2. The third-order valence-corrected chi connectivity index (χ3v) is 17.3. The lowest BCUT2D eigenvalue weighted by atomic mass is 10.2. The van der Waals surface area contributed by atoms with E-state index in [9.17, 15) is 26.4 Å². The number of nitrogens with zero attached hydrogens (tertiary/aromatic N) is 2. The minimum atomic E-state index is -3.50. The summed E-state index contributed by atoms with van der Waals surface area (Å²) >= 11 is 14.1. The van der Waals surface area contributed by atoms with Gasteiger partial charge in [0.15, 0.2) is 0 Å². The Kier molecular flexibility index (Phi) is 18.2. The molecule has 12 nitrogen and oxygen atoms in total. The summed E-state index contributed by atoms with van der Waals surface area (Å²) in [5.41, 5.74) is 1.02. The molecule has 4 aromatic rings. The number of unbranched alkanes of at least 4 members (excludes halogenated alkanes) is 3. The van der Waals surface area contributed by atoms with Crippen LogP contribution >= 0.6 is 45.9 Å². The number of nitrogens with one attached hydrogen (secondary N) is 4. The summed E-state index contributed by atoms with van der Waals surface area (Å²) in [5.74, 6) is -0.444. The lowest BCUT2D eigenvalue weighted by molar-refractivity contribution is 0.0943. The van der Waals surface area contributed by atoms with Gasteiger partial charge in [-0.05, 0) is 112 Å². The Morgan fingerprint density at radius 3 is 1.42 bits per heavy atom. The van der Waals surface area contributed by atoms with Gasteiger partial charge in [-0.3, -0.25) is 9.59 Å². The number of halogens is 2. The SMILES string of the molecule is CCCCCNC1CCN(S(=O)(=O)c2ccc(CNC(=O)c3ccc(Cl)cc3)s2)C1.CCCCNC1CCN(S(=O)(=O)c2ccc(CNC(=O)c3ccc(Cl)cc3)s2)C1. The Labute approximate surface area is 367 Å². The van der Waals surface area contributed by atoms with E-state index in [1.807, 2.05) is 0 Å². The molecular weight excluding hydrogens is 872 g/mol. The zero-order valence-electron chi connectivity index (χ0n) is 33.4. The third-order valence-electron chi connectivity index (χ3n) is 10.0. The van der Waals surface area contributed by atoms with Crippen molar-refractivity contribution in [2.75, 3.05) is 39.3 Å². The third kappa shape index (κ3) is 13.8. The first-order valence-electron chi connectivity index (χ1n) is 20.0. The Balaban J connectivity index is 0.000000224. The van der Waals surface area contributed by atoms with Crippen LogP contribution in [0.2, 0.25) is 10.0 Å². The van der Waals surface area contributed by atoms with Crippen molar-refractivity contribution in [3.8, 4) is 0 Å². The first-order chi connectivity index (χ1) is 28.3. The van der Waals surface area contributed by atoms with E-state index in [1.54, 1.807) is 81.4 Å². The number of sulfonamides is 2. The van der Waals surface area contributed by atoms with Gasteiger partial charge in [0.05, 0.1) is 13.1 Å². The molecule has 2 aromatic carbocycles. The first kappa shape index (κ1) is 47.2. The van der Waals surface area contributed by atoms with Gasteiger partial charge in [0, 0.05) is 69.2 Å². The molecule has 2 aliphatic heterocycles. The van der Waals surface area contributed by atoms with Crippen LogP contribution in [0, 0.1) is 0 Å². The molecule has 6 rings (SSSR count). The van der Waals surface area contributed by atoms with Gasteiger partial charge in [-0.1, -0.05) is 56.3 Å². The van der Waals surface area contributed by atoms with Gasteiger partial charge in [-0.2, -0.15) is 8.61 Å². The van der Waals surface area contributed by atoms with Crippen LogP contribution in [0.25, 0.3) is 0 Å². The fourth-order valence-corrected chi connectivity index (χ4v) is 12.7. The summed E-state index contributed by atoms with van der Waals surface area (Å²) in [6, 6.07) is 20.5. The maximum Gasteiger partial charge on any atom is 0.252 e. The lowest BCUT2D eigenvalue weighted by Gasteiger charge is -2.16. The normalized spacial score (nSPS) is 17.4. The minimum absolute atomic E-state index is 0.217. The van der Waals surface area contributed by atoms with E-state index in [2.05, 4.69) is 35.1 Å². The lowest BCUT2D eigenvalue weighted by Crippen LogP contribution is -2.35. The van der Waals surface area contributed by atoms with Crippen molar-refractivity contribution in [2.24, 2.45) is 0 Å². The van der Waals surface area contributed by atoms with Crippen molar-refractivity contribution in [3.63, 3.8) is 0 Å². The van der Waals surface area contributed by atoms with Crippen LogP contribution in [0.15, 0.2) is 81.2 Å². The first-order valence-corrected chi connectivity index (χ1v) is 25.3. The molecule has 2 aliphatic rings. The number of benzene rings is 2. The smallest absolute Gasteiger partial charge is 0.252 e. The van der Waals surface area contributed by atoms with Crippen LogP contribution < -0.4 is 21.3 Å². The molecule has 4 N–H and O–H groups in total. The fraction of sp³-hybridized carbons (Fsp3) is 0.463. The van der Waals surface area contributed by atoms with Crippen LogP contribution in [0.1, 0.15) is 89.3 Å². The summed E-state index contributed by atoms with van der Waals surface area (Å²) in [4.78, 5) is 26.0. The Bertz CT molecular complexity index is 2180. The van der Waals surface area contributed by atoms with Gasteiger partial charge >= 0.3 is 0 Å². The average Bonchev–Trinajstić information content (AvgIpc) is 4.07. The molecule has 2 atom stereocenters. The largest absolute Gasteiger partial charge is 0.347 e. The van der Waals surface area contributed by atoms with Crippen molar-refractivity contribution in [1.82, 2.24) is 29.9 Å². The second kappa shape index (κ2) is 22.8. The topological polar surface area (TPSA) is 157 Å². The zero-order chi connectivity index (χ0) is 42.4. The van der Waals surface area contributed by atoms with Gasteiger partial charge in [0.1, 0.15) is 8.42 Å². The standard InChI is InChI=1S/C21H28ClN3O3S2.C20H26ClN3O3S2/c1-2-3-4-12-23-18-11-13-25(15-18)30(27,28)20-10-9-19(29-20)14-24-21(26)16-5-7-17(22)8-6-16;1-2-3-11-22-17-10-12-24(14-17)29(26,27)19-9-8-18(28-19)13-23-20(25)15-4-6-16(21)7-5-15/h5-10,18,23H,2-4,11-15H2,1H3,(H,24,26);4-9,17,22H,2-3,10-14H2,1H3,(H,23,25). The number of carbonyl (C=O) groups is 2. The highest BCUT2D eigenvalue weighted by Gasteiger charge is 2.34. The van der Waals surface area contributed by atoms with Crippen LogP contribution in [0.3, 0.4) is 0 Å². The van der Waals surface area contributed by atoms with Crippen molar-refractivity contribution in [1.29, 1.82) is 0 Å². The molecule has 0 radical (unpaired) electrons. The monoisotopic (exact) mass is 924 g/mol. The molecule has 59 heavy (non-hydrogen) atoms. The summed E-state index contributed by atoms with van der Waals surface area (Å²) in [7, 11) is -6.99. The molecule has 2 unspecified atom stereocenters. The van der Waals surface area contributed by atoms with Crippen LogP contribution in [-0.2, 0) is 33.1 Å². The van der Waals surface area contributed by atoms with Gasteiger partial charge in [-0.15, -0.1) is 22.7 Å². The van der Waals surface area contributed by atoms with Crippen molar-refractivity contribution in [2.45, 2.75) is 92.4 Å². The molecule has 4 heterocycles. The van der Waals surface area contributed by atoms with E-state index >= 15 is 0 Å². The second-order valence-electron chi connectivity index (χ2n) is 14.5. The minimum Gasteiger partial charge on any atom is -0.347 e. The highest BCUT2D eigenvalue weighted by molar-refractivity contribution is 7.91. The van der Waals surface area contributed by atoms with E-state index in [-0.39, 0.29) is 37.0 Å². The van der Waals surface area contributed by atoms with Crippen molar-refractivity contribution >= 4 is 77.7 Å². The summed E-state index contributed by atoms with van der Waals surface area (Å²) < 4.78 is 55.5. The van der Waals surface area contributed by atoms with E-state index in [0.29, 0.717) is 55.8 Å². The van der Waals surface area contributed by atoms with Crippen molar-refractivity contribution < 1.29 is 26.4 Å². The number of hydrogen-bond donors (Lipinski definition) is 4. The molecule has 0 aliphatic carbocycles.